The van der Waals surface area contributed by atoms with Crippen LogP contribution < -0.4 is 15.4 Å². The van der Waals surface area contributed by atoms with E-state index < -0.39 is 0 Å². The molecule has 1 aromatic carbocycles. The smallest absolute Gasteiger partial charge is 0.251 e. The summed E-state index contributed by atoms with van der Waals surface area (Å²) in [5.41, 5.74) is 1.86. The summed E-state index contributed by atoms with van der Waals surface area (Å²) in [6, 6.07) is 6.00. The van der Waals surface area contributed by atoms with E-state index in [1.54, 1.807) is 0 Å². The average Bonchev–Trinajstić information content (AvgIpc) is 3.06. The number of nitrogens with one attached hydrogen (secondary N) is 2. The number of ether oxygens (including phenoxy) is 2. The average molecular weight is 318 g/mol. The molecule has 3 rings (SSSR count). The predicted octanol–water partition coefficient (Wildman–Crippen LogP) is 1.76. The van der Waals surface area contributed by atoms with Gasteiger partial charge in [0.05, 0.1) is 6.61 Å². The lowest BCUT2D eigenvalue weighted by Crippen LogP contribution is -2.41. The Bertz CT molecular complexity index is 541. The van der Waals surface area contributed by atoms with Crippen LogP contribution >= 0.6 is 0 Å². The topological polar surface area (TPSA) is 59.6 Å². The molecule has 1 amide bonds. The maximum Gasteiger partial charge on any atom is 0.251 e. The first kappa shape index (κ1) is 16.3. The lowest BCUT2D eigenvalue weighted by molar-refractivity contribution is 0.0478. The second-order valence-corrected chi connectivity index (χ2v) is 6.44. The Morgan fingerprint density at radius 1 is 1.39 bits per heavy atom. The van der Waals surface area contributed by atoms with E-state index in [0.29, 0.717) is 24.6 Å². The highest BCUT2D eigenvalue weighted by molar-refractivity contribution is 5.94. The highest BCUT2D eigenvalue weighted by atomic mass is 16.5. The zero-order valence-corrected chi connectivity index (χ0v) is 13.8. The van der Waals surface area contributed by atoms with Gasteiger partial charge in [0, 0.05) is 37.8 Å². The molecule has 0 unspecified atom stereocenters. The van der Waals surface area contributed by atoms with Gasteiger partial charge in [-0.25, -0.2) is 0 Å². The maximum atomic E-state index is 12.3. The molecule has 5 nitrogen and oxygen atoms in total. The molecule has 2 N–H and O–H groups in total. The third-order valence-corrected chi connectivity index (χ3v) is 4.75. The molecule has 5 heteroatoms. The lowest BCUT2D eigenvalue weighted by atomic mass is 9.94. The van der Waals surface area contributed by atoms with Crippen LogP contribution in [0.25, 0.3) is 0 Å². The molecule has 2 aliphatic heterocycles. The van der Waals surface area contributed by atoms with Crippen molar-refractivity contribution in [3.63, 3.8) is 0 Å². The molecule has 23 heavy (non-hydrogen) atoms. The standard InChI is InChI=1S/C18H26N2O3/c1-19-16(9-13-3-2-7-22-12-13)11-20-18(21)15-5-4-14-6-8-23-17(14)10-15/h4-5,10,13,16,19H,2-3,6-9,11-12H2,1H3,(H,20,21)/t13-,16+/m1/s1. The van der Waals surface area contributed by atoms with E-state index in [-0.39, 0.29) is 11.9 Å². The van der Waals surface area contributed by atoms with Crippen molar-refractivity contribution in [2.24, 2.45) is 5.92 Å². The van der Waals surface area contributed by atoms with Gasteiger partial charge < -0.3 is 20.1 Å². The van der Waals surface area contributed by atoms with Crippen LogP contribution in [0.4, 0.5) is 0 Å². The molecule has 1 fully saturated rings. The number of rotatable bonds is 6. The Morgan fingerprint density at radius 3 is 3.09 bits per heavy atom. The van der Waals surface area contributed by atoms with Crippen molar-refractivity contribution < 1.29 is 14.3 Å². The van der Waals surface area contributed by atoms with Gasteiger partial charge in [0.1, 0.15) is 5.75 Å². The highest BCUT2D eigenvalue weighted by Crippen LogP contribution is 2.26. The number of benzene rings is 1. The van der Waals surface area contributed by atoms with Crippen molar-refractivity contribution in [3.05, 3.63) is 29.3 Å². The summed E-state index contributed by atoms with van der Waals surface area (Å²) in [7, 11) is 1.95. The molecule has 126 valence electrons. The van der Waals surface area contributed by atoms with Gasteiger partial charge in [-0.15, -0.1) is 0 Å². The molecule has 0 spiro atoms. The fourth-order valence-corrected chi connectivity index (χ4v) is 3.32. The van der Waals surface area contributed by atoms with Gasteiger partial charge in [-0.3, -0.25) is 4.79 Å². The van der Waals surface area contributed by atoms with Gasteiger partial charge >= 0.3 is 0 Å². The first-order valence-corrected chi connectivity index (χ1v) is 8.55. The highest BCUT2D eigenvalue weighted by Gasteiger charge is 2.20. The summed E-state index contributed by atoms with van der Waals surface area (Å²) in [6.45, 7) is 3.07. The van der Waals surface area contributed by atoms with Gasteiger partial charge in [-0.05, 0) is 49.9 Å². The van der Waals surface area contributed by atoms with Crippen molar-refractivity contribution in [1.82, 2.24) is 10.6 Å². The van der Waals surface area contributed by atoms with Crippen LogP contribution in [0.5, 0.6) is 5.75 Å². The Kier molecular flexibility index (Phi) is 5.51. The minimum absolute atomic E-state index is 0.0385. The molecule has 1 aromatic rings. The molecule has 0 radical (unpaired) electrons. The summed E-state index contributed by atoms with van der Waals surface area (Å²) >= 11 is 0. The number of hydrogen-bond acceptors (Lipinski definition) is 4. The number of fused-ring (bicyclic) bond motifs is 1. The maximum absolute atomic E-state index is 12.3. The van der Waals surface area contributed by atoms with Crippen molar-refractivity contribution in [1.29, 1.82) is 0 Å². The summed E-state index contributed by atoms with van der Waals surface area (Å²) < 4.78 is 11.1. The molecule has 0 aromatic heterocycles. The van der Waals surface area contributed by atoms with E-state index in [1.807, 2.05) is 25.2 Å². The monoisotopic (exact) mass is 318 g/mol. The van der Waals surface area contributed by atoms with E-state index in [4.69, 9.17) is 9.47 Å². The Balaban J connectivity index is 1.50. The summed E-state index contributed by atoms with van der Waals surface area (Å²) in [4.78, 5) is 12.3. The van der Waals surface area contributed by atoms with Crippen molar-refractivity contribution in [3.8, 4) is 5.75 Å². The molecule has 0 bridgehead atoms. The van der Waals surface area contributed by atoms with Gasteiger partial charge in [-0.2, -0.15) is 0 Å². The predicted molar refractivity (Wildman–Crippen MR) is 89.0 cm³/mol. The van der Waals surface area contributed by atoms with Gasteiger partial charge in [0.15, 0.2) is 0 Å². The van der Waals surface area contributed by atoms with Crippen LogP contribution in [0.2, 0.25) is 0 Å². The normalized spacial score (nSPS) is 21.3. The van der Waals surface area contributed by atoms with E-state index in [1.165, 1.54) is 12.0 Å². The second kappa shape index (κ2) is 7.79. The van der Waals surface area contributed by atoms with Gasteiger partial charge in [0.25, 0.3) is 5.91 Å². The van der Waals surface area contributed by atoms with Crippen LogP contribution in [-0.2, 0) is 11.2 Å². The molecule has 1 saturated heterocycles. The van der Waals surface area contributed by atoms with Crippen molar-refractivity contribution >= 4 is 5.91 Å². The molecule has 2 heterocycles. The van der Waals surface area contributed by atoms with Gasteiger partial charge in [0.2, 0.25) is 0 Å². The zero-order chi connectivity index (χ0) is 16.1. The van der Waals surface area contributed by atoms with Gasteiger partial charge in [-0.1, -0.05) is 6.07 Å². The Morgan fingerprint density at radius 2 is 2.30 bits per heavy atom. The molecule has 2 aliphatic rings. The van der Waals surface area contributed by atoms with E-state index in [2.05, 4.69) is 10.6 Å². The minimum atomic E-state index is -0.0385. The number of carbonyl (C=O) groups excluding carboxylic acids is 1. The molecular weight excluding hydrogens is 292 g/mol. The fraction of sp³-hybridized carbons (Fsp3) is 0.611. The molecule has 0 saturated carbocycles. The largest absolute Gasteiger partial charge is 0.493 e. The number of carbonyl (C=O) groups is 1. The fourth-order valence-electron chi connectivity index (χ4n) is 3.32. The summed E-state index contributed by atoms with van der Waals surface area (Å²) in [5.74, 6) is 1.40. The van der Waals surface area contributed by atoms with Crippen LogP contribution in [0.15, 0.2) is 18.2 Å². The summed E-state index contributed by atoms with van der Waals surface area (Å²) in [5, 5.41) is 6.34. The molecular formula is C18H26N2O3. The third-order valence-electron chi connectivity index (χ3n) is 4.75. The third kappa shape index (κ3) is 4.24. The second-order valence-electron chi connectivity index (χ2n) is 6.44. The van der Waals surface area contributed by atoms with E-state index in [0.717, 1.165) is 38.2 Å². The van der Waals surface area contributed by atoms with Crippen molar-refractivity contribution in [2.75, 3.05) is 33.4 Å². The molecule has 0 aliphatic carbocycles. The first-order valence-electron chi connectivity index (χ1n) is 8.55. The number of amides is 1. The van der Waals surface area contributed by atoms with Crippen molar-refractivity contribution in [2.45, 2.75) is 31.7 Å². The first-order chi connectivity index (χ1) is 11.3. The van der Waals surface area contributed by atoms with Crippen LogP contribution in [0.1, 0.15) is 35.2 Å². The molecule has 2 atom stereocenters. The minimum Gasteiger partial charge on any atom is -0.493 e. The summed E-state index contributed by atoms with van der Waals surface area (Å²) in [6.07, 6.45) is 4.32. The van der Waals surface area contributed by atoms with E-state index in [9.17, 15) is 4.79 Å². The quantitative estimate of drug-likeness (QED) is 0.839. The number of hydrogen-bond donors (Lipinski definition) is 2. The van der Waals surface area contributed by atoms with E-state index >= 15 is 0 Å². The van der Waals surface area contributed by atoms with Crippen LogP contribution in [-0.4, -0.2) is 45.4 Å². The zero-order valence-electron chi connectivity index (χ0n) is 13.8. The number of likely N-dealkylation sites (N-methyl/N-ethyl adjacent to an activating group) is 1. The van der Waals surface area contributed by atoms with Crippen LogP contribution in [0.3, 0.4) is 0 Å². The van der Waals surface area contributed by atoms with Crippen LogP contribution in [0, 0.1) is 5.92 Å². The SMILES string of the molecule is CN[C@H](CNC(=O)c1ccc2c(c1)OCC2)C[C@H]1CCCOC1. The lowest BCUT2D eigenvalue weighted by Gasteiger charge is -2.26. The Hall–Kier alpha value is -1.59. The Labute approximate surface area is 137 Å².